The number of H-pyrrole nitrogens is 1. The van der Waals surface area contributed by atoms with Crippen molar-refractivity contribution in [2.75, 3.05) is 0 Å². The van der Waals surface area contributed by atoms with Gasteiger partial charge < -0.3 is 4.98 Å². The fraction of sp³-hybridized carbons (Fsp3) is 0. The largest absolute Gasteiger partial charge is 0.317 e. The van der Waals surface area contributed by atoms with Crippen molar-refractivity contribution in [2.45, 2.75) is 0 Å². The van der Waals surface area contributed by atoms with Crippen molar-refractivity contribution in [3.05, 3.63) is 59.1 Å². The van der Waals surface area contributed by atoms with Crippen LogP contribution in [0, 0.1) is 0 Å². The van der Waals surface area contributed by atoms with E-state index in [-0.39, 0.29) is 5.56 Å². The summed E-state index contributed by atoms with van der Waals surface area (Å²) >= 11 is 0. The van der Waals surface area contributed by atoms with Gasteiger partial charge in [0, 0.05) is 11.8 Å². The topological polar surface area (TPSA) is 58.6 Å². The summed E-state index contributed by atoms with van der Waals surface area (Å²) in [7, 11) is 0. The molecule has 0 aliphatic carbocycles. The highest BCUT2D eigenvalue weighted by Gasteiger charge is 2.06. The molecule has 82 valence electrons. The Bertz CT molecular complexity index is 719. The minimum atomic E-state index is -0.197. The smallest absolute Gasteiger partial charge is 0.275 e. The summed E-state index contributed by atoms with van der Waals surface area (Å²) in [6.07, 6.45) is 3.25. The molecular formula is C13H9N3O. The van der Waals surface area contributed by atoms with Gasteiger partial charge in [0.2, 0.25) is 0 Å². The molecule has 4 nitrogen and oxygen atoms in total. The number of pyridine rings is 1. The molecule has 0 amide bonds. The lowest BCUT2D eigenvalue weighted by atomic mass is 10.1. The minimum absolute atomic E-state index is 0.197. The van der Waals surface area contributed by atoms with Gasteiger partial charge in [-0.15, -0.1) is 0 Å². The zero-order valence-electron chi connectivity index (χ0n) is 8.92. The first-order valence-electron chi connectivity index (χ1n) is 5.24. The molecule has 3 rings (SSSR count). The lowest BCUT2D eigenvalue weighted by Gasteiger charge is -2.01. The Morgan fingerprint density at radius 1 is 1.06 bits per heavy atom. The Hall–Kier alpha value is -2.49. The SMILES string of the molecule is O=c1[nH]c2cnccc2nc1-c1ccccc1. The van der Waals surface area contributed by atoms with Gasteiger partial charge in [-0.25, -0.2) is 4.98 Å². The van der Waals surface area contributed by atoms with Crippen molar-refractivity contribution in [3.63, 3.8) is 0 Å². The highest BCUT2D eigenvalue weighted by atomic mass is 16.1. The Balaban J connectivity index is 2.31. The van der Waals surface area contributed by atoms with E-state index in [4.69, 9.17) is 0 Å². The summed E-state index contributed by atoms with van der Waals surface area (Å²) < 4.78 is 0. The number of rotatable bonds is 1. The molecule has 0 bridgehead atoms. The zero-order valence-corrected chi connectivity index (χ0v) is 8.92. The molecule has 2 aromatic heterocycles. The maximum atomic E-state index is 11.9. The van der Waals surface area contributed by atoms with Crippen LogP contribution in [0.25, 0.3) is 22.3 Å². The quantitative estimate of drug-likeness (QED) is 0.686. The van der Waals surface area contributed by atoms with Gasteiger partial charge in [0.1, 0.15) is 5.69 Å². The summed E-state index contributed by atoms with van der Waals surface area (Å²) in [6.45, 7) is 0. The van der Waals surface area contributed by atoms with Crippen LogP contribution in [0.5, 0.6) is 0 Å². The standard InChI is InChI=1S/C13H9N3O/c17-13-12(9-4-2-1-3-5-9)15-10-6-7-14-8-11(10)16-13/h1-8H,(H,16,17). The molecular weight excluding hydrogens is 214 g/mol. The molecule has 0 spiro atoms. The maximum absolute atomic E-state index is 11.9. The second kappa shape index (κ2) is 3.83. The van der Waals surface area contributed by atoms with Gasteiger partial charge in [-0.3, -0.25) is 9.78 Å². The first kappa shape index (κ1) is 9.72. The molecule has 4 heteroatoms. The predicted molar refractivity (Wildman–Crippen MR) is 65.6 cm³/mol. The second-order valence-corrected chi connectivity index (χ2v) is 3.67. The molecule has 0 unspecified atom stereocenters. The number of fused-ring (bicyclic) bond motifs is 1. The van der Waals surface area contributed by atoms with Crippen LogP contribution in [0.2, 0.25) is 0 Å². The number of hydrogen-bond donors (Lipinski definition) is 1. The zero-order chi connectivity index (χ0) is 11.7. The molecule has 0 fully saturated rings. The third-order valence-corrected chi connectivity index (χ3v) is 2.54. The summed E-state index contributed by atoms with van der Waals surface area (Å²) in [5.74, 6) is 0. The van der Waals surface area contributed by atoms with Gasteiger partial charge in [0.25, 0.3) is 5.56 Å². The number of nitrogens with zero attached hydrogens (tertiary/aromatic N) is 2. The summed E-state index contributed by atoms with van der Waals surface area (Å²) in [6, 6.07) is 11.2. The number of aromatic nitrogens is 3. The summed E-state index contributed by atoms with van der Waals surface area (Å²) in [5, 5.41) is 0. The van der Waals surface area contributed by atoms with Crippen molar-refractivity contribution in [1.82, 2.24) is 15.0 Å². The average molecular weight is 223 g/mol. The van der Waals surface area contributed by atoms with Crippen LogP contribution in [0.4, 0.5) is 0 Å². The van der Waals surface area contributed by atoms with Crippen molar-refractivity contribution in [2.24, 2.45) is 0 Å². The van der Waals surface area contributed by atoms with E-state index in [0.29, 0.717) is 11.2 Å². The number of hydrogen-bond acceptors (Lipinski definition) is 3. The first-order chi connectivity index (χ1) is 8.34. The molecule has 0 saturated carbocycles. The molecule has 2 heterocycles. The normalized spacial score (nSPS) is 10.6. The molecule has 0 radical (unpaired) electrons. The van der Waals surface area contributed by atoms with Crippen LogP contribution >= 0.6 is 0 Å². The van der Waals surface area contributed by atoms with E-state index < -0.39 is 0 Å². The van der Waals surface area contributed by atoms with Crippen LogP contribution in [0.3, 0.4) is 0 Å². The van der Waals surface area contributed by atoms with Crippen molar-refractivity contribution >= 4 is 11.0 Å². The lowest BCUT2D eigenvalue weighted by molar-refractivity contribution is 1.20. The highest BCUT2D eigenvalue weighted by Crippen LogP contribution is 2.14. The molecule has 0 aliphatic heterocycles. The molecule has 1 N–H and O–H groups in total. The molecule has 17 heavy (non-hydrogen) atoms. The predicted octanol–water partition coefficient (Wildman–Crippen LogP) is 1.99. The fourth-order valence-electron chi connectivity index (χ4n) is 1.73. The van der Waals surface area contributed by atoms with Gasteiger partial charge in [0.15, 0.2) is 0 Å². The lowest BCUT2D eigenvalue weighted by Crippen LogP contribution is -2.11. The van der Waals surface area contributed by atoms with Gasteiger partial charge in [0.05, 0.1) is 17.2 Å². The van der Waals surface area contributed by atoms with Crippen LogP contribution in [-0.4, -0.2) is 15.0 Å². The van der Waals surface area contributed by atoms with Gasteiger partial charge in [-0.1, -0.05) is 30.3 Å². The monoisotopic (exact) mass is 223 g/mol. The van der Waals surface area contributed by atoms with Gasteiger partial charge >= 0.3 is 0 Å². The van der Waals surface area contributed by atoms with E-state index in [1.54, 1.807) is 18.5 Å². The van der Waals surface area contributed by atoms with E-state index in [1.165, 1.54) is 0 Å². The molecule has 0 atom stereocenters. The first-order valence-corrected chi connectivity index (χ1v) is 5.24. The highest BCUT2D eigenvalue weighted by molar-refractivity contribution is 5.75. The third-order valence-electron chi connectivity index (χ3n) is 2.54. The van der Waals surface area contributed by atoms with Crippen LogP contribution in [0.15, 0.2) is 53.6 Å². The molecule has 3 aromatic rings. The average Bonchev–Trinajstić information content (AvgIpc) is 2.39. The van der Waals surface area contributed by atoms with Crippen LogP contribution < -0.4 is 5.56 Å². The van der Waals surface area contributed by atoms with Crippen LogP contribution in [0.1, 0.15) is 0 Å². The van der Waals surface area contributed by atoms with E-state index >= 15 is 0 Å². The van der Waals surface area contributed by atoms with Crippen molar-refractivity contribution in [3.8, 4) is 11.3 Å². The van der Waals surface area contributed by atoms with E-state index in [0.717, 1.165) is 11.1 Å². The maximum Gasteiger partial charge on any atom is 0.275 e. The Morgan fingerprint density at radius 2 is 1.88 bits per heavy atom. The Morgan fingerprint density at radius 3 is 2.71 bits per heavy atom. The fourth-order valence-corrected chi connectivity index (χ4v) is 1.73. The summed E-state index contributed by atoms with van der Waals surface area (Å²) in [5.41, 5.74) is 2.43. The van der Waals surface area contributed by atoms with Crippen molar-refractivity contribution in [1.29, 1.82) is 0 Å². The second-order valence-electron chi connectivity index (χ2n) is 3.67. The van der Waals surface area contributed by atoms with Crippen LogP contribution in [-0.2, 0) is 0 Å². The van der Waals surface area contributed by atoms with E-state index in [9.17, 15) is 4.79 Å². The molecule has 1 aromatic carbocycles. The molecule has 0 aliphatic rings. The number of nitrogens with one attached hydrogen (secondary N) is 1. The van der Waals surface area contributed by atoms with Crippen molar-refractivity contribution < 1.29 is 0 Å². The number of aromatic amines is 1. The van der Waals surface area contributed by atoms with E-state index in [2.05, 4.69) is 15.0 Å². The minimum Gasteiger partial charge on any atom is -0.317 e. The Kier molecular flexibility index (Phi) is 2.19. The Labute approximate surface area is 97.0 Å². The van der Waals surface area contributed by atoms with E-state index in [1.807, 2.05) is 30.3 Å². The summed E-state index contributed by atoms with van der Waals surface area (Å²) in [4.78, 5) is 23.0. The number of benzene rings is 1. The van der Waals surface area contributed by atoms with Gasteiger partial charge in [-0.05, 0) is 6.07 Å². The third kappa shape index (κ3) is 1.69. The van der Waals surface area contributed by atoms with Gasteiger partial charge in [-0.2, -0.15) is 0 Å². The molecule has 0 saturated heterocycles.